The van der Waals surface area contributed by atoms with Gasteiger partial charge in [0.2, 0.25) is 11.8 Å². The van der Waals surface area contributed by atoms with E-state index in [9.17, 15) is 36.4 Å². The number of halogens is 3. The van der Waals surface area contributed by atoms with Crippen LogP contribution in [0.2, 0.25) is 0 Å². The fraction of sp³-hybridized carbons (Fsp3) is 0.520. The maximum atomic E-state index is 13.8. The first-order chi connectivity index (χ1) is 17.7. The number of aryl methyl sites for hydroxylation is 2. The summed E-state index contributed by atoms with van der Waals surface area (Å²) in [4.78, 5) is 26.9. The largest absolute Gasteiger partial charge is 0.403 e. The number of hydrogen-bond donors (Lipinski definition) is 1. The molecule has 2 aliphatic carbocycles. The van der Waals surface area contributed by atoms with Gasteiger partial charge in [0.05, 0.1) is 21.9 Å². The molecule has 0 radical (unpaired) electrons. The van der Waals surface area contributed by atoms with Crippen molar-refractivity contribution in [2.45, 2.75) is 73.9 Å². The van der Waals surface area contributed by atoms with E-state index in [-0.39, 0.29) is 11.3 Å². The van der Waals surface area contributed by atoms with Crippen LogP contribution in [0.3, 0.4) is 0 Å². The number of nitriles is 1. The number of hydrogen-bond acceptors (Lipinski definition) is 7. The van der Waals surface area contributed by atoms with E-state index in [4.69, 9.17) is 4.52 Å². The highest BCUT2D eigenvalue weighted by molar-refractivity contribution is 7.92. The van der Waals surface area contributed by atoms with Crippen LogP contribution in [0.15, 0.2) is 33.7 Å². The molecule has 2 amide bonds. The van der Waals surface area contributed by atoms with Gasteiger partial charge in [-0.1, -0.05) is 17.3 Å². The molecule has 0 spiro atoms. The molecule has 2 heterocycles. The van der Waals surface area contributed by atoms with E-state index in [1.165, 1.54) is 12.1 Å². The Hall–Kier alpha value is -3.40. The molecular weight excluding hydrogens is 525 g/mol. The van der Waals surface area contributed by atoms with Gasteiger partial charge in [0.15, 0.2) is 9.84 Å². The monoisotopic (exact) mass is 550 g/mol. The molecule has 1 saturated heterocycles. The molecule has 5 rings (SSSR count). The zero-order valence-corrected chi connectivity index (χ0v) is 21.4. The van der Waals surface area contributed by atoms with Gasteiger partial charge < -0.3 is 14.7 Å². The second-order valence-electron chi connectivity index (χ2n) is 10.4. The number of benzene rings is 1. The van der Waals surface area contributed by atoms with Crippen LogP contribution in [0.25, 0.3) is 11.1 Å². The van der Waals surface area contributed by atoms with Crippen molar-refractivity contribution in [3.8, 4) is 17.2 Å². The summed E-state index contributed by atoms with van der Waals surface area (Å²) >= 11 is 0. The standard InChI is InChI=1S/C25H25F3N4O5S/c1-14-20(15(2)37-31-14)16-3-5-17(6-4-16)38(35,36)18-11-19(21(33)30-23(13-29)7-8-23)32(12-18)22(34)24(9-10-24)25(26,27)28/h3-6,18-19H,7-12H2,1-2H3,(H,30,33). The van der Waals surface area contributed by atoms with Crippen molar-refractivity contribution in [1.82, 2.24) is 15.4 Å². The van der Waals surface area contributed by atoms with Crippen LogP contribution in [0.1, 0.15) is 43.6 Å². The molecule has 1 aliphatic heterocycles. The number of nitrogens with one attached hydrogen (secondary N) is 1. The predicted molar refractivity (Wildman–Crippen MR) is 126 cm³/mol. The van der Waals surface area contributed by atoms with Crippen molar-refractivity contribution in [3.05, 3.63) is 35.7 Å². The van der Waals surface area contributed by atoms with Crippen LogP contribution in [0.5, 0.6) is 0 Å². The Morgan fingerprint density at radius 1 is 1.16 bits per heavy atom. The molecule has 38 heavy (non-hydrogen) atoms. The van der Waals surface area contributed by atoms with Crippen LogP contribution in [-0.4, -0.2) is 59.8 Å². The van der Waals surface area contributed by atoms with E-state index in [1.807, 2.05) is 6.07 Å². The lowest BCUT2D eigenvalue weighted by Crippen LogP contribution is -2.53. The second kappa shape index (κ2) is 8.56. The third kappa shape index (κ3) is 4.15. The minimum atomic E-state index is -4.82. The lowest BCUT2D eigenvalue weighted by molar-refractivity contribution is -0.199. The van der Waals surface area contributed by atoms with Crippen LogP contribution < -0.4 is 5.32 Å². The number of carbonyl (C=O) groups excluding carboxylic acids is 2. The minimum Gasteiger partial charge on any atom is -0.361 e. The maximum absolute atomic E-state index is 13.8. The molecule has 1 N–H and O–H groups in total. The van der Waals surface area contributed by atoms with Crippen LogP contribution in [0.4, 0.5) is 13.2 Å². The predicted octanol–water partition coefficient (Wildman–Crippen LogP) is 3.22. The number of carbonyl (C=O) groups is 2. The third-order valence-corrected chi connectivity index (χ3v) is 9.95. The van der Waals surface area contributed by atoms with Gasteiger partial charge in [0.1, 0.15) is 22.8 Å². The summed E-state index contributed by atoms with van der Waals surface area (Å²) in [6, 6.07) is 6.44. The molecular formula is C25H25F3N4O5S. The van der Waals surface area contributed by atoms with Crippen molar-refractivity contribution in [2.75, 3.05) is 6.54 Å². The Labute approximate surface area is 216 Å². The number of sulfone groups is 1. The van der Waals surface area contributed by atoms with Crippen molar-refractivity contribution in [1.29, 1.82) is 5.26 Å². The number of rotatable bonds is 6. The lowest BCUT2D eigenvalue weighted by Gasteiger charge is -2.29. The molecule has 0 bridgehead atoms. The smallest absolute Gasteiger partial charge is 0.361 e. The number of aromatic nitrogens is 1. The first-order valence-electron chi connectivity index (χ1n) is 12.1. The highest BCUT2D eigenvalue weighted by atomic mass is 32.2. The van der Waals surface area contributed by atoms with Gasteiger partial charge in [0.25, 0.3) is 0 Å². The van der Waals surface area contributed by atoms with Gasteiger partial charge in [0, 0.05) is 12.1 Å². The van der Waals surface area contributed by atoms with Crippen molar-refractivity contribution >= 4 is 21.7 Å². The summed E-state index contributed by atoms with van der Waals surface area (Å²) in [6.45, 7) is 2.92. The normalized spacial score (nSPS) is 23.5. The van der Waals surface area contributed by atoms with E-state index in [2.05, 4.69) is 10.5 Å². The Kier molecular flexibility index (Phi) is 5.90. The van der Waals surface area contributed by atoms with Gasteiger partial charge in [-0.25, -0.2) is 8.42 Å². The van der Waals surface area contributed by atoms with E-state index in [0.29, 0.717) is 29.9 Å². The summed E-state index contributed by atoms with van der Waals surface area (Å²) in [5, 5.41) is 14.4. The highest BCUT2D eigenvalue weighted by Crippen LogP contribution is 2.59. The average Bonchev–Trinajstić information content (AvgIpc) is 3.76. The Balaban J connectivity index is 1.43. The fourth-order valence-corrected chi connectivity index (χ4v) is 6.81. The Morgan fingerprint density at radius 2 is 1.79 bits per heavy atom. The summed E-state index contributed by atoms with van der Waals surface area (Å²) in [5.41, 5.74) is -1.71. The van der Waals surface area contributed by atoms with Crippen LogP contribution >= 0.6 is 0 Å². The molecule has 202 valence electrons. The van der Waals surface area contributed by atoms with Crippen molar-refractivity contribution in [2.24, 2.45) is 5.41 Å². The van der Waals surface area contributed by atoms with E-state index in [1.54, 1.807) is 26.0 Å². The molecule has 2 saturated carbocycles. The van der Waals surface area contributed by atoms with Gasteiger partial charge in [-0.15, -0.1) is 0 Å². The molecule has 9 nitrogen and oxygen atoms in total. The SMILES string of the molecule is Cc1noc(C)c1-c1ccc(S(=O)(=O)C2CC(C(=O)NC3(C#N)CC3)N(C(=O)C3(C(F)(F)F)CC3)C2)cc1. The van der Waals surface area contributed by atoms with E-state index < -0.39 is 69.5 Å². The summed E-state index contributed by atoms with van der Waals surface area (Å²) < 4.78 is 73.5. The number of amides is 2. The van der Waals surface area contributed by atoms with Gasteiger partial charge >= 0.3 is 6.18 Å². The van der Waals surface area contributed by atoms with Gasteiger partial charge in [-0.05, 0) is 63.6 Å². The number of likely N-dealkylation sites (tertiary alicyclic amines) is 1. The van der Waals surface area contributed by atoms with Gasteiger partial charge in [-0.2, -0.15) is 18.4 Å². The van der Waals surface area contributed by atoms with E-state index >= 15 is 0 Å². The third-order valence-electron chi connectivity index (χ3n) is 7.80. The van der Waals surface area contributed by atoms with Gasteiger partial charge in [-0.3, -0.25) is 9.59 Å². The molecule has 2 atom stereocenters. The highest BCUT2D eigenvalue weighted by Gasteiger charge is 2.70. The average molecular weight is 551 g/mol. The molecule has 3 fully saturated rings. The molecule has 1 aromatic carbocycles. The second-order valence-corrected chi connectivity index (χ2v) is 12.6. The van der Waals surface area contributed by atoms with Crippen molar-refractivity contribution < 1.29 is 35.7 Å². The molecule has 13 heteroatoms. The fourth-order valence-electron chi connectivity index (χ4n) is 5.12. The Morgan fingerprint density at radius 3 is 2.26 bits per heavy atom. The summed E-state index contributed by atoms with van der Waals surface area (Å²) in [6.07, 6.45) is -5.27. The lowest BCUT2D eigenvalue weighted by atomic mass is 10.0. The topological polar surface area (TPSA) is 133 Å². The van der Waals surface area contributed by atoms with Crippen LogP contribution in [-0.2, 0) is 19.4 Å². The quantitative estimate of drug-likeness (QED) is 0.584. The van der Waals surface area contributed by atoms with Crippen molar-refractivity contribution in [3.63, 3.8) is 0 Å². The minimum absolute atomic E-state index is 0.0842. The summed E-state index contributed by atoms with van der Waals surface area (Å²) in [7, 11) is -4.13. The van der Waals surface area contributed by atoms with E-state index in [0.717, 1.165) is 10.5 Å². The zero-order valence-electron chi connectivity index (χ0n) is 20.6. The zero-order chi connectivity index (χ0) is 27.7. The number of alkyl halides is 3. The van der Waals surface area contributed by atoms with Crippen LogP contribution in [0, 0.1) is 30.6 Å². The Bertz CT molecular complexity index is 1430. The first-order valence-corrected chi connectivity index (χ1v) is 13.7. The molecule has 1 aromatic heterocycles. The molecule has 2 aromatic rings. The molecule has 3 aliphatic rings. The molecule has 2 unspecified atom stereocenters. The number of nitrogens with zero attached hydrogens (tertiary/aromatic N) is 3. The first kappa shape index (κ1) is 26.2. The maximum Gasteiger partial charge on any atom is 0.403 e. The summed E-state index contributed by atoms with van der Waals surface area (Å²) in [5.74, 6) is -1.55.